The molecule has 1 rings (SSSR count). The molecule has 0 aromatic carbocycles. The highest BCUT2D eigenvalue weighted by atomic mass is 16.6. The smallest absolute Gasteiger partial charge is 0.415 e. The normalized spacial score (nSPS) is 12.0. The van der Waals surface area contributed by atoms with Gasteiger partial charge in [-0.15, -0.1) is 0 Å². The molecule has 1 aromatic heterocycles. The molecule has 0 aliphatic rings. The Morgan fingerprint density at radius 2 is 1.83 bits per heavy atom. The fourth-order valence-electron chi connectivity index (χ4n) is 2.07. The third kappa shape index (κ3) is 8.37. The SMILES string of the molecule is CCC(C)OC(=O)N(C)c1ncccc1COC(=O)CN(C)C(=O)OC(C)(C)C. The van der Waals surface area contributed by atoms with Gasteiger partial charge in [0.05, 0.1) is 0 Å². The molecule has 9 nitrogen and oxygen atoms in total. The quantitative estimate of drug-likeness (QED) is 0.503. The van der Waals surface area contributed by atoms with E-state index in [1.165, 1.54) is 25.2 Å². The minimum atomic E-state index is -0.658. The van der Waals surface area contributed by atoms with Gasteiger partial charge in [0.25, 0.3) is 0 Å². The fraction of sp³-hybridized carbons (Fsp3) is 0.600. The predicted molar refractivity (Wildman–Crippen MR) is 108 cm³/mol. The van der Waals surface area contributed by atoms with Crippen molar-refractivity contribution in [3.8, 4) is 0 Å². The number of carbonyl (C=O) groups is 3. The van der Waals surface area contributed by atoms with Crippen molar-refractivity contribution in [3.63, 3.8) is 0 Å². The summed E-state index contributed by atoms with van der Waals surface area (Å²) in [6.45, 7) is 8.56. The minimum Gasteiger partial charge on any atom is -0.459 e. The summed E-state index contributed by atoms with van der Waals surface area (Å²) < 4.78 is 15.7. The van der Waals surface area contributed by atoms with Crippen LogP contribution >= 0.6 is 0 Å². The lowest BCUT2D eigenvalue weighted by Gasteiger charge is -2.24. The van der Waals surface area contributed by atoms with Gasteiger partial charge in [0.2, 0.25) is 0 Å². The van der Waals surface area contributed by atoms with Gasteiger partial charge >= 0.3 is 18.2 Å². The maximum absolute atomic E-state index is 12.2. The van der Waals surface area contributed by atoms with Gasteiger partial charge in [-0.05, 0) is 40.2 Å². The average molecular weight is 409 g/mol. The molecule has 0 aliphatic heterocycles. The Balaban J connectivity index is 2.70. The zero-order valence-electron chi connectivity index (χ0n) is 18.2. The van der Waals surface area contributed by atoms with Crippen LogP contribution in [0.15, 0.2) is 18.3 Å². The summed E-state index contributed by atoms with van der Waals surface area (Å²) in [5, 5.41) is 0. The van der Waals surface area contributed by atoms with Crippen LogP contribution in [0.5, 0.6) is 0 Å². The molecule has 0 radical (unpaired) electrons. The van der Waals surface area contributed by atoms with E-state index in [2.05, 4.69) is 4.98 Å². The Hall–Kier alpha value is -2.84. The van der Waals surface area contributed by atoms with Crippen LogP contribution in [0.3, 0.4) is 0 Å². The topological polar surface area (TPSA) is 98.3 Å². The van der Waals surface area contributed by atoms with Crippen molar-refractivity contribution in [1.29, 1.82) is 0 Å². The fourth-order valence-corrected chi connectivity index (χ4v) is 2.07. The van der Waals surface area contributed by atoms with E-state index >= 15 is 0 Å². The summed E-state index contributed by atoms with van der Waals surface area (Å²) in [7, 11) is 2.98. The second-order valence-electron chi connectivity index (χ2n) is 7.64. The molecule has 0 bridgehead atoms. The largest absolute Gasteiger partial charge is 0.459 e. The van der Waals surface area contributed by atoms with Crippen molar-refractivity contribution in [1.82, 2.24) is 9.88 Å². The summed E-state index contributed by atoms with van der Waals surface area (Å²) in [4.78, 5) is 42.8. The summed E-state index contributed by atoms with van der Waals surface area (Å²) in [6.07, 6.45) is 0.833. The van der Waals surface area contributed by atoms with Gasteiger partial charge in [-0.25, -0.2) is 14.6 Å². The Kier molecular flexibility index (Phi) is 8.87. The summed E-state index contributed by atoms with van der Waals surface area (Å²) in [6, 6.07) is 3.37. The van der Waals surface area contributed by atoms with E-state index in [9.17, 15) is 14.4 Å². The molecule has 9 heteroatoms. The molecule has 1 atom stereocenters. The number of carbonyl (C=O) groups excluding carboxylic acids is 3. The van der Waals surface area contributed by atoms with Gasteiger partial charge in [-0.3, -0.25) is 9.69 Å². The number of anilines is 1. The van der Waals surface area contributed by atoms with Crippen LogP contribution in [0.2, 0.25) is 0 Å². The molecular formula is C20H31N3O6. The van der Waals surface area contributed by atoms with Crippen LogP contribution in [0.1, 0.15) is 46.6 Å². The molecule has 0 spiro atoms. The maximum atomic E-state index is 12.2. The molecule has 1 heterocycles. The maximum Gasteiger partial charge on any atom is 0.415 e. The number of ether oxygens (including phenoxy) is 3. The van der Waals surface area contributed by atoms with Gasteiger partial charge in [0.1, 0.15) is 30.7 Å². The van der Waals surface area contributed by atoms with Gasteiger partial charge < -0.3 is 19.1 Å². The molecular weight excluding hydrogens is 378 g/mol. The molecule has 0 N–H and O–H groups in total. The monoisotopic (exact) mass is 409 g/mol. The number of esters is 1. The third-order valence-electron chi connectivity index (χ3n) is 3.80. The number of likely N-dealkylation sites (N-methyl/N-ethyl adjacent to an activating group) is 1. The Bertz CT molecular complexity index is 716. The van der Waals surface area contributed by atoms with E-state index in [1.54, 1.807) is 39.8 Å². The molecule has 0 saturated carbocycles. The molecule has 29 heavy (non-hydrogen) atoms. The lowest BCUT2D eigenvalue weighted by atomic mass is 10.2. The summed E-state index contributed by atoms with van der Waals surface area (Å²) >= 11 is 0. The van der Waals surface area contributed by atoms with Crippen LogP contribution in [-0.4, -0.2) is 60.4 Å². The minimum absolute atomic E-state index is 0.106. The molecule has 0 saturated heterocycles. The number of aromatic nitrogens is 1. The standard InChI is InChI=1S/C20H31N3O6/c1-8-14(2)28-19(26)23(7)17-15(10-9-11-21-17)13-27-16(24)12-22(6)18(25)29-20(3,4)5/h9-11,14H,8,12-13H2,1-7H3. The van der Waals surface area contributed by atoms with E-state index in [4.69, 9.17) is 14.2 Å². The first-order chi connectivity index (χ1) is 13.4. The number of hydrogen-bond acceptors (Lipinski definition) is 7. The molecule has 2 amide bonds. The second kappa shape index (κ2) is 10.6. The summed E-state index contributed by atoms with van der Waals surface area (Å²) in [5.41, 5.74) is -0.127. The van der Waals surface area contributed by atoms with Crippen LogP contribution < -0.4 is 4.90 Å². The molecule has 0 fully saturated rings. The molecule has 1 unspecified atom stereocenters. The number of nitrogens with zero attached hydrogens (tertiary/aromatic N) is 3. The number of hydrogen-bond donors (Lipinski definition) is 0. The Morgan fingerprint density at radius 3 is 2.41 bits per heavy atom. The number of pyridine rings is 1. The highest BCUT2D eigenvalue weighted by Gasteiger charge is 2.23. The third-order valence-corrected chi connectivity index (χ3v) is 3.80. The average Bonchev–Trinajstić information content (AvgIpc) is 2.64. The first-order valence-electron chi connectivity index (χ1n) is 9.42. The van der Waals surface area contributed by atoms with E-state index in [1.807, 2.05) is 6.92 Å². The molecule has 162 valence electrons. The van der Waals surface area contributed by atoms with E-state index in [0.29, 0.717) is 17.8 Å². The van der Waals surface area contributed by atoms with E-state index in [0.717, 1.165) is 4.90 Å². The van der Waals surface area contributed by atoms with Crippen molar-refractivity contribution < 1.29 is 28.6 Å². The summed E-state index contributed by atoms with van der Waals surface area (Å²) in [5.74, 6) is -0.285. The van der Waals surface area contributed by atoms with Gasteiger partial charge in [-0.2, -0.15) is 0 Å². The van der Waals surface area contributed by atoms with Crippen LogP contribution in [0.4, 0.5) is 15.4 Å². The highest BCUT2D eigenvalue weighted by molar-refractivity contribution is 5.86. The van der Waals surface area contributed by atoms with Gasteiger partial charge in [0.15, 0.2) is 0 Å². The van der Waals surface area contributed by atoms with Crippen LogP contribution in [0.25, 0.3) is 0 Å². The van der Waals surface area contributed by atoms with Gasteiger partial charge in [-0.1, -0.05) is 13.0 Å². The van der Waals surface area contributed by atoms with Crippen molar-refractivity contribution >= 4 is 24.0 Å². The molecule has 1 aromatic rings. The number of amides is 2. The first kappa shape index (κ1) is 24.2. The van der Waals surface area contributed by atoms with E-state index in [-0.39, 0.29) is 19.3 Å². The van der Waals surface area contributed by atoms with Crippen molar-refractivity contribution in [2.75, 3.05) is 25.5 Å². The molecule has 0 aliphatic carbocycles. The number of rotatable bonds is 7. The first-order valence-corrected chi connectivity index (χ1v) is 9.42. The Morgan fingerprint density at radius 1 is 1.17 bits per heavy atom. The Labute approximate surface area is 171 Å². The van der Waals surface area contributed by atoms with Gasteiger partial charge in [0, 0.05) is 25.9 Å². The van der Waals surface area contributed by atoms with E-state index < -0.39 is 23.8 Å². The van der Waals surface area contributed by atoms with Crippen LogP contribution in [-0.2, 0) is 25.6 Å². The zero-order valence-corrected chi connectivity index (χ0v) is 18.2. The zero-order chi connectivity index (χ0) is 22.2. The lowest BCUT2D eigenvalue weighted by Crippen LogP contribution is -2.37. The van der Waals surface area contributed by atoms with Crippen molar-refractivity contribution in [3.05, 3.63) is 23.9 Å². The van der Waals surface area contributed by atoms with Crippen molar-refractivity contribution in [2.45, 2.75) is 59.4 Å². The van der Waals surface area contributed by atoms with Crippen molar-refractivity contribution in [2.24, 2.45) is 0 Å². The lowest BCUT2D eigenvalue weighted by molar-refractivity contribution is -0.145. The predicted octanol–water partition coefficient (Wildman–Crippen LogP) is 3.36. The highest BCUT2D eigenvalue weighted by Crippen LogP contribution is 2.18. The second-order valence-corrected chi connectivity index (χ2v) is 7.64. The van der Waals surface area contributed by atoms with Crippen LogP contribution in [0, 0.1) is 0 Å².